The molecule has 1 fully saturated rings. The zero-order valence-corrected chi connectivity index (χ0v) is 21.6. The third-order valence-corrected chi connectivity index (χ3v) is 3.96. The highest BCUT2D eigenvalue weighted by atomic mass is 16.6. The van der Waals surface area contributed by atoms with Crippen LogP contribution in [-0.4, -0.2) is 74.6 Å². The molecule has 0 amide bonds. The first kappa shape index (κ1) is 32.5. The molecule has 0 aromatic heterocycles. The van der Waals surface area contributed by atoms with Gasteiger partial charge in [0.05, 0.1) is 19.4 Å². The molecule has 3 unspecified atom stereocenters. The fourth-order valence-electron chi connectivity index (χ4n) is 1.86. The Kier molecular flexibility index (Phi) is 15.4. The van der Waals surface area contributed by atoms with E-state index < -0.39 is 36.1 Å². The predicted molar refractivity (Wildman–Crippen MR) is 127 cm³/mol. The molecule has 1 aliphatic rings. The summed E-state index contributed by atoms with van der Waals surface area (Å²) in [6, 6.07) is 0. The van der Waals surface area contributed by atoms with Crippen LogP contribution in [0.15, 0.2) is 36.5 Å². The molecule has 0 aliphatic carbocycles. The van der Waals surface area contributed by atoms with Crippen molar-refractivity contribution in [3.63, 3.8) is 0 Å². The molecule has 11 nitrogen and oxygen atoms in total. The maximum atomic E-state index is 11.6. The zero-order valence-electron chi connectivity index (χ0n) is 21.6. The number of epoxide rings is 1. The number of carbonyl (C=O) groups is 5. The van der Waals surface area contributed by atoms with Crippen LogP contribution in [0.1, 0.15) is 47.5 Å². The van der Waals surface area contributed by atoms with Gasteiger partial charge in [-0.15, -0.1) is 0 Å². The lowest BCUT2D eigenvalue weighted by atomic mass is 10.3. The van der Waals surface area contributed by atoms with Gasteiger partial charge in [0.2, 0.25) is 0 Å². The van der Waals surface area contributed by atoms with Gasteiger partial charge in [-0.3, -0.25) is 9.59 Å². The van der Waals surface area contributed by atoms with Crippen LogP contribution in [0.4, 0.5) is 0 Å². The van der Waals surface area contributed by atoms with Crippen molar-refractivity contribution < 1.29 is 52.4 Å². The van der Waals surface area contributed by atoms with Crippen LogP contribution in [-0.2, 0) is 52.4 Å². The van der Waals surface area contributed by atoms with E-state index in [9.17, 15) is 24.0 Å². The average molecular weight is 513 g/mol. The molecule has 0 radical (unpaired) electrons. The monoisotopic (exact) mass is 512 g/mol. The van der Waals surface area contributed by atoms with Crippen molar-refractivity contribution in [2.24, 2.45) is 0 Å². The second-order valence-electron chi connectivity index (χ2n) is 8.19. The minimum absolute atomic E-state index is 0.124. The van der Waals surface area contributed by atoms with Crippen molar-refractivity contribution in [1.29, 1.82) is 0 Å². The second-order valence-corrected chi connectivity index (χ2v) is 8.19. The molecule has 36 heavy (non-hydrogen) atoms. The second kappa shape index (κ2) is 17.0. The summed E-state index contributed by atoms with van der Waals surface area (Å²) in [5.74, 6) is -2.73. The lowest BCUT2D eigenvalue weighted by Gasteiger charge is -2.14. The summed E-state index contributed by atoms with van der Waals surface area (Å²) in [5.41, 5.74) is 0.920. The summed E-state index contributed by atoms with van der Waals surface area (Å²) in [6.45, 7) is 18.9. The summed E-state index contributed by atoms with van der Waals surface area (Å²) in [5, 5.41) is 0. The molecular weight excluding hydrogens is 476 g/mol. The summed E-state index contributed by atoms with van der Waals surface area (Å²) >= 11 is 0. The fourth-order valence-corrected chi connectivity index (χ4v) is 1.86. The largest absolute Gasteiger partial charge is 0.462 e. The van der Waals surface area contributed by atoms with E-state index in [4.69, 9.17) is 28.4 Å². The lowest BCUT2D eigenvalue weighted by molar-refractivity contribution is -0.158. The Bertz CT molecular complexity index is 789. The smallest absolute Gasteiger partial charge is 0.333 e. The van der Waals surface area contributed by atoms with Gasteiger partial charge in [0, 0.05) is 16.7 Å². The molecule has 202 valence electrons. The number of hydrogen-bond donors (Lipinski definition) is 0. The fraction of sp³-hybridized carbons (Fsp3) is 0.560. The van der Waals surface area contributed by atoms with E-state index in [2.05, 4.69) is 19.7 Å². The molecule has 1 saturated heterocycles. The predicted octanol–water partition coefficient (Wildman–Crippen LogP) is 2.37. The Morgan fingerprint density at radius 3 is 1.39 bits per heavy atom. The summed E-state index contributed by atoms with van der Waals surface area (Å²) in [6.07, 6.45) is -1.47. The van der Waals surface area contributed by atoms with E-state index in [1.54, 1.807) is 20.8 Å². The van der Waals surface area contributed by atoms with Gasteiger partial charge in [-0.05, 0) is 34.6 Å². The highest BCUT2D eigenvalue weighted by molar-refractivity contribution is 5.87. The number of esters is 5. The maximum absolute atomic E-state index is 11.6. The molecule has 0 bridgehead atoms. The van der Waals surface area contributed by atoms with Gasteiger partial charge in [0.25, 0.3) is 0 Å². The molecule has 1 rings (SSSR count). The molecule has 0 spiro atoms. The van der Waals surface area contributed by atoms with E-state index >= 15 is 0 Å². The summed E-state index contributed by atoms with van der Waals surface area (Å²) < 4.78 is 29.3. The molecule has 0 N–H and O–H groups in total. The van der Waals surface area contributed by atoms with Gasteiger partial charge in [-0.1, -0.05) is 19.7 Å². The van der Waals surface area contributed by atoms with Crippen LogP contribution in [0.25, 0.3) is 0 Å². The summed E-state index contributed by atoms with van der Waals surface area (Å²) in [7, 11) is 0. The minimum Gasteiger partial charge on any atom is -0.462 e. The topological polar surface area (TPSA) is 144 Å². The number of ether oxygens (including phenoxy) is 6. The van der Waals surface area contributed by atoms with Crippen LogP contribution < -0.4 is 0 Å². The van der Waals surface area contributed by atoms with E-state index in [1.165, 1.54) is 13.8 Å². The van der Waals surface area contributed by atoms with Gasteiger partial charge >= 0.3 is 29.8 Å². The van der Waals surface area contributed by atoms with Gasteiger partial charge in [-0.25, -0.2) is 14.4 Å². The van der Waals surface area contributed by atoms with E-state index in [0.29, 0.717) is 18.8 Å². The Morgan fingerprint density at radius 1 is 0.722 bits per heavy atom. The van der Waals surface area contributed by atoms with Crippen molar-refractivity contribution in [3.8, 4) is 0 Å². The Hall–Kier alpha value is -3.47. The molecular formula is C25H36O11. The normalized spacial score (nSPS) is 15.0. The Labute approximate surface area is 211 Å². The summed E-state index contributed by atoms with van der Waals surface area (Å²) in [4.78, 5) is 56.4. The molecule has 0 aromatic carbocycles. The lowest BCUT2D eigenvalue weighted by Crippen LogP contribution is -2.24. The standard InChI is InChI=1S/C18H26O8.C7H10O3/c1-11(2)17(21)25-13(5)9-23-15(19)7-8-16(20)24-10-14(6)26-18(22)12(3)4;1-5(2)7(8)10-4-6-3-9-6/h13-14H,1,3,7-10H2,2,4-6H3;6H,1,3-4H2,2H3. The zero-order chi connectivity index (χ0) is 27.8. The quantitative estimate of drug-likeness (QED) is 0.146. The molecule has 11 heteroatoms. The van der Waals surface area contributed by atoms with Crippen LogP contribution in [0.5, 0.6) is 0 Å². The first-order valence-electron chi connectivity index (χ1n) is 11.2. The van der Waals surface area contributed by atoms with E-state index in [-0.39, 0.29) is 49.3 Å². The maximum Gasteiger partial charge on any atom is 0.333 e. The third-order valence-electron chi connectivity index (χ3n) is 3.96. The first-order valence-corrected chi connectivity index (χ1v) is 11.2. The van der Waals surface area contributed by atoms with Crippen molar-refractivity contribution in [1.82, 2.24) is 0 Å². The van der Waals surface area contributed by atoms with Crippen LogP contribution in [0.3, 0.4) is 0 Å². The van der Waals surface area contributed by atoms with Crippen molar-refractivity contribution in [3.05, 3.63) is 36.5 Å². The number of rotatable bonds is 14. The van der Waals surface area contributed by atoms with E-state index in [1.807, 2.05) is 0 Å². The van der Waals surface area contributed by atoms with Crippen molar-refractivity contribution >= 4 is 29.8 Å². The van der Waals surface area contributed by atoms with Gasteiger partial charge in [-0.2, -0.15) is 0 Å². The number of carbonyl (C=O) groups excluding carboxylic acids is 5. The van der Waals surface area contributed by atoms with Crippen molar-refractivity contribution in [2.45, 2.75) is 65.8 Å². The Morgan fingerprint density at radius 2 is 1.08 bits per heavy atom. The SMILES string of the molecule is C=C(C)C(=O)OC(C)COC(=O)CCC(=O)OCC(C)OC(=O)C(=C)C.C=C(C)C(=O)OCC1CO1. The highest BCUT2D eigenvalue weighted by Crippen LogP contribution is 2.09. The van der Waals surface area contributed by atoms with E-state index in [0.717, 1.165) is 0 Å². The van der Waals surface area contributed by atoms with Gasteiger partial charge in [0.1, 0.15) is 38.1 Å². The highest BCUT2D eigenvalue weighted by Gasteiger charge is 2.24. The van der Waals surface area contributed by atoms with Crippen molar-refractivity contribution in [2.75, 3.05) is 26.4 Å². The minimum atomic E-state index is -0.626. The van der Waals surface area contributed by atoms with Crippen LogP contribution in [0.2, 0.25) is 0 Å². The molecule has 0 saturated carbocycles. The van der Waals surface area contributed by atoms with Gasteiger partial charge < -0.3 is 28.4 Å². The average Bonchev–Trinajstić information content (AvgIpc) is 3.63. The Balaban J connectivity index is 0.00000101. The van der Waals surface area contributed by atoms with Crippen LogP contribution >= 0.6 is 0 Å². The molecule has 3 atom stereocenters. The molecule has 0 aromatic rings. The van der Waals surface area contributed by atoms with Gasteiger partial charge in [0.15, 0.2) is 0 Å². The first-order chi connectivity index (χ1) is 16.7. The molecule has 1 aliphatic heterocycles. The molecule has 1 heterocycles. The third kappa shape index (κ3) is 17.0. The number of hydrogen-bond acceptors (Lipinski definition) is 11. The van der Waals surface area contributed by atoms with Crippen LogP contribution in [0, 0.1) is 0 Å².